The van der Waals surface area contributed by atoms with Gasteiger partial charge in [0.2, 0.25) is 0 Å². The molecule has 5 heteroatoms. The van der Waals surface area contributed by atoms with E-state index in [2.05, 4.69) is 23.4 Å². The van der Waals surface area contributed by atoms with E-state index in [4.69, 9.17) is 11.6 Å². The first-order valence-corrected chi connectivity index (χ1v) is 6.24. The van der Waals surface area contributed by atoms with E-state index in [1.54, 1.807) is 17.1 Å². The summed E-state index contributed by atoms with van der Waals surface area (Å²) >= 11 is 5.83. The summed E-state index contributed by atoms with van der Waals surface area (Å²) in [5, 5.41) is 17.3. The Morgan fingerprint density at radius 1 is 1.71 bits per heavy atom. The third-order valence-electron chi connectivity index (χ3n) is 2.74. The van der Waals surface area contributed by atoms with Gasteiger partial charge in [-0.05, 0) is 26.8 Å². The van der Waals surface area contributed by atoms with Crippen LogP contribution in [0.1, 0.15) is 39.7 Å². The van der Waals surface area contributed by atoms with E-state index < -0.39 is 5.54 Å². The van der Waals surface area contributed by atoms with Crippen molar-refractivity contribution in [3.05, 3.63) is 17.4 Å². The zero-order valence-corrected chi connectivity index (χ0v) is 11.3. The molecule has 0 aromatic carbocycles. The Hall–Kier alpha value is -1.05. The highest BCUT2D eigenvalue weighted by atomic mass is 35.5. The zero-order chi connectivity index (χ0) is 12.9. The van der Waals surface area contributed by atoms with Gasteiger partial charge < -0.3 is 0 Å². The lowest BCUT2D eigenvalue weighted by atomic mass is 9.95. The van der Waals surface area contributed by atoms with Crippen molar-refractivity contribution in [2.45, 2.75) is 45.2 Å². The molecule has 1 aromatic rings. The first-order valence-electron chi connectivity index (χ1n) is 5.86. The number of aromatic nitrogens is 2. The standard InChI is InChI=1S/C12H19ClN4/c1-4-5-15-12(3,9-14)6-10(2)17-8-11(13)7-16-17/h7-8,10,15H,4-6H2,1-3H3. The van der Waals surface area contributed by atoms with Gasteiger partial charge in [-0.3, -0.25) is 10.00 Å². The number of nitrogens with zero attached hydrogens (tertiary/aromatic N) is 3. The van der Waals surface area contributed by atoms with Crippen molar-refractivity contribution >= 4 is 11.6 Å². The molecule has 1 rings (SSSR count). The molecule has 0 aliphatic heterocycles. The maximum absolute atomic E-state index is 9.24. The predicted octanol–water partition coefficient (Wildman–Crippen LogP) is 2.77. The molecule has 0 aliphatic carbocycles. The van der Waals surface area contributed by atoms with E-state index in [-0.39, 0.29) is 6.04 Å². The summed E-state index contributed by atoms with van der Waals surface area (Å²) in [6.07, 6.45) is 5.10. The van der Waals surface area contributed by atoms with Crippen LogP contribution in [0.3, 0.4) is 0 Å². The number of halogens is 1. The normalized spacial score (nSPS) is 16.2. The lowest BCUT2D eigenvalue weighted by molar-refractivity contribution is 0.333. The van der Waals surface area contributed by atoms with E-state index in [0.29, 0.717) is 11.4 Å². The smallest absolute Gasteiger partial charge is 0.105 e. The van der Waals surface area contributed by atoms with Crippen LogP contribution in [0.4, 0.5) is 0 Å². The van der Waals surface area contributed by atoms with Crippen molar-refractivity contribution in [3.63, 3.8) is 0 Å². The van der Waals surface area contributed by atoms with E-state index in [9.17, 15) is 5.26 Å². The number of hydrogen-bond acceptors (Lipinski definition) is 3. The molecule has 0 saturated heterocycles. The van der Waals surface area contributed by atoms with E-state index in [1.807, 2.05) is 13.8 Å². The third-order valence-corrected chi connectivity index (χ3v) is 2.93. The first-order chi connectivity index (χ1) is 8.00. The van der Waals surface area contributed by atoms with Crippen LogP contribution in [0.15, 0.2) is 12.4 Å². The summed E-state index contributed by atoms with van der Waals surface area (Å²) < 4.78 is 1.80. The van der Waals surface area contributed by atoms with Crippen LogP contribution in [0.25, 0.3) is 0 Å². The van der Waals surface area contributed by atoms with Crippen LogP contribution in [0.5, 0.6) is 0 Å². The fourth-order valence-corrected chi connectivity index (χ4v) is 1.94. The molecule has 1 N–H and O–H groups in total. The molecular formula is C12H19ClN4. The fraction of sp³-hybridized carbons (Fsp3) is 0.667. The molecule has 0 fully saturated rings. The van der Waals surface area contributed by atoms with Gasteiger partial charge in [-0.25, -0.2) is 0 Å². The monoisotopic (exact) mass is 254 g/mol. The predicted molar refractivity (Wildman–Crippen MR) is 68.9 cm³/mol. The Labute approximate surface area is 108 Å². The minimum Gasteiger partial charge on any atom is -0.300 e. The molecule has 0 saturated carbocycles. The average Bonchev–Trinajstić information content (AvgIpc) is 2.73. The molecule has 0 bridgehead atoms. The maximum atomic E-state index is 9.24. The van der Waals surface area contributed by atoms with Gasteiger partial charge in [-0.1, -0.05) is 18.5 Å². The average molecular weight is 255 g/mol. The topological polar surface area (TPSA) is 53.6 Å². The van der Waals surface area contributed by atoms with Gasteiger partial charge in [0, 0.05) is 12.6 Å². The Balaban J connectivity index is 2.65. The Morgan fingerprint density at radius 2 is 2.41 bits per heavy atom. The van der Waals surface area contributed by atoms with Gasteiger partial charge in [0.1, 0.15) is 5.54 Å². The Bertz CT molecular complexity index is 395. The molecule has 0 amide bonds. The van der Waals surface area contributed by atoms with E-state index in [0.717, 1.165) is 13.0 Å². The number of hydrogen-bond donors (Lipinski definition) is 1. The molecule has 0 spiro atoms. The van der Waals surface area contributed by atoms with Crippen LogP contribution in [0.2, 0.25) is 5.02 Å². The summed E-state index contributed by atoms with van der Waals surface area (Å²) in [6, 6.07) is 2.47. The van der Waals surface area contributed by atoms with E-state index in [1.165, 1.54) is 0 Å². The first kappa shape index (κ1) is 14.0. The Kier molecular flexibility index (Phi) is 4.98. The Morgan fingerprint density at radius 3 is 2.88 bits per heavy atom. The van der Waals surface area contributed by atoms with Gasteiger partial charge in [0.25, 0.3) is 0 Å². The second kappa shape index (κ2) is 6.04. The fourth-order valence-electron chi connectivity index (χ4n) is 1.80. The van der Waals surface area contributed by atoms with Crippen molar-refractivity contribution in [1.29, 1.82) is 5.26 Å². The summed E-state index contributed by atoms with van der Waals surface area (Å²) in [4.78, 5) is 0. The summed E-state index contributed by atoms with van der Waals surface area (Å²) in [5.41, 5.74) is -0.520. The van der Waals surface area contributed by atoms with Crippen molar-refractivity contribution in [1.82, 2.24) is 15.1 Å². The summed E-state index contributed by atoms with van der Waals surface area (Å²) in [5.74, 6) is 0. The maximum Gasteiger partial charge on any atom is 0.105 e. The largest absolute Gasteiger partial charge is 0.300 e. The lowest BCUT2D eigenvalue weighted by Crippen LogP contribution is -2.43. The van der Waals surface area contributed by atoms with E-state index >= 15 is 0 Å². The lowest BCUT2D eigenvalue weighted by Gasteiger charge is -2.26. The zero-order valence-electron chi connectivity index (χ0n) is 10.6. The highest BCUT2D eigenvalue weighted by molar-refractivity contribution is 6.30. The molecule has 0 radical (unpaired) electrons. The second-order valence-electron chi connectivity index (χ2n) is 4.56. The molecule has 17 heavy (non-hydrogen) atoms. The SMILES string of the molecule is CCCNC(C)(C#N)CC(C)n1cc(Cl)cn1. The van der Waals surface area contributed by atoms with Crippen molar-refractivity contribution in [2.75, 3.05) is 6.54 Å². The van der Waals surface area contributed by atoms with Gasteiger partial charge in [0.05, 0.1) is 23.3 Å². The van der Waals surface area contributed by atoms with Crippen LogP contribution in [-0.2, 0) is 0 Å². The molecule has 1 heterocycles. The quantitative estimate of drug-likeness (QED) is 0.849. The minimum atomic E-state index is -0.520. The van der Waals surface area contributed by atoms with Crippen molar-refractivity contribution in [2.24, 2.45) is 0 Å². The third kappa shape index (κ3) is 4.03. The molecule has 1 aromatic heterocycles. The highest BCUT2D eigenvalue weighted by Gasteiger charge is 2.26. The summed E-state index contributed by atoms with van der Waals surface area (Å²) in [7, 11) is 0. The van der Waals surface area contributed by atoms with Crippen LogP contribution in [-0.4, -0.2) is 21.9 Å². The molecule has 0 aliphatic rings. The highest BCUT2D eigenvalue weighted by Crippen LogP contribution is 2.21. The van der Waals surface area contributed by atoms with Crippen LogP contribution >= 0.6 is 11.6 Å². The second-order valence-corrected chi connectivity index (χ2v) is 5.00. The minimum absolute atomic E-state index is 0.136. The molecule has 2 unspecified atom stereocenters. The molecule has 94 valence electrons. The number of rotatable bonds is 6. The molecular weight excluding hydrogens is 236 g/mol. The van der Waals surface area contributed by atoms with Gasteiger partial charge in [-0.2, -0.15) is 10.4 Å². The molecule has 2 atom stereocenters. The van der Waals surface area contributed by atoms with Gasteiger partial charge >= 0.3 is 0 Å². The van der Waals surface area contributed by atoms with Crippen LogP contribution < -0.4 is 5.32 Å². The van der Waals surface area contributed by atoms with Crippen molar-refractivity contribution < 1.29 is 0 Å². The number of nitriles is 1. The molecule has 4 nitrogen and oxygen atoms in total. The van der Waals surface area contributed by atoms with Gasteiger partial charge in [0.15, 0.2) is 0 Å². The van der Waals surface area contributed by atoms with Crippen LogP contribution in [0, 0.1) is 11.3 Å². The number of nitrogens with one attached hydrogen (secondary N) is 1. The van der Waals surface area contributed by atoms with Crippen molar-refractivity contribution in [3.8, 4) is 6.07 Å². The van der Waals surface area contributed by atoms with Gasteiger partial charge in [-0.15, -0.1) is 0 Å². The summed E-state index contributed by atoms with van der Waals surface area (Å²) in [6.45, 7) is 6.88.